The Hall–Kier alpha value is -1.88. The highest BCUT2D eigenvalue weighted by Gasteiger charge is 2.28. The minimum Gasteiger partial charge on any atom is -0.508 e. The van der Waals surface area contributed by atoms with E-state index in [2.05, 4.69) is 10.3 Å². The summed E-state index contributed by atoms with van der Waals surface area (Å²) in [5.41, 5.74) is 8.51. The van der Waals surface area contributed by atoms with Crippen LogP contribution in [0.4, 0.5) is 0 Å². The van der Waals surface area contributed by atoms with Crippen LogP contribution < -0.4 is 5.73 Å². The summed E-state index contributed by atoms with van der Waals surface area (Å²) in [5.74, 6) is 0.248. The van der Waals surface area contributed by atoms with Gasteiger partial charge in [-0.1, -0.05) is 5.21 Å². The van der Waals surface area contributed by atoms with Crippen molar-refractivity contribution in [1.29, 1.82) is 0 Å². The fraction of sp³-hybridized carbons (Fsp3) is 0.333. The Morgan fingerprint density at radius 2 is 2.00 bits per heavy atom. The molecule has 0 bridgehead atoms. The molecule has 0 spiro atoms. The second kappa shape index (κ2) is 3.85. The lowest BCUT2D eigenvalue weighted by Gasteiger charge is -2.04. The van der Waals surface area contributed by atoms with Gasteiger partial charge in [0.25, 0.3) is 0 Å². The van der Waals surface area contributed by atoms with Gasteiger partial charge in [0.15, 0.2) is 0 Å². The molecule has 1 saturated carbocycles. The summed E-state index contributed by atoms with van der Waals surface area (Å²) >= 11 is 0. The van der Waals surface area contributed by atoms with Gasteiger partial charge in [0, 0.05) is 12.1 Å². The minimum absolute atomic E-state index is 0.248. The number of phenolic OH excluding ortho intramolecular Hbond substituents is 1. The van der Waals surface area contributed by atoms with Crippen LogP contribution in [-0.2, 0) is 6.54 Å². The summed E-state index contributed by atoms with van der Waals surface area (Å²) < 4.78 is 1.93. The van der Waals surface area contributed by atoms with Crippen molar-refractivity contribution in [3.05, 3.63) is 30.0 Å². The van der Waals surface area contributed by atoms with E-state index in [0.29, 0.717) is 12.6 Å². The number of phenols is 1. The predicted molar refractivity (Wildman–Crippen MR) is 63.3 cm³/mol. The zero-order chi connectivity index (χ0) is 11.8. The molecule has 1 aliphatic carbocycles. The van der Waals surface area contributed by atoms with E-state index in [9.17, 15) is 5.11 Å². The van der Waals surface area contributed by atoms with Gasteiger partial charge in [-0.05, 0) is 37.1 Å². The molecule has 3 N–H and O–H groups in total. The molecule has 88 valence electrons. The van der Waals surface area contributed by atoms with Gasteiger partial charge in [0.1, 0.15) is 11.4 Å². The second-order valence-electron chi connectivity index (χ2n) is 4.31. The fourth-order valence-electron chi connectivity index (χ4n) is 1.96. The molecule has 0 aliphatic heterocycles. The Morgan fingerprint density at radius 1 is 1.29 bits per heavy atom. The lowest BCUT2D eigenvalue weighted by Crippen LogP contribution is -2.08. The van der Waals surface area contributed by atoms with Crippen LogP contribution in [0, 0.1) is 0 Å². The number of aromatic nitrogens is 3. The van der Waals surface area contributed by atoms with Gasteiger partial charge in [0.05, 0.1) is 11.7 Å². The third-order valence-electron chi connectivity index (χ3n) is 3.02. The Balaban J connectivity index is 2.04. The van der Waals surface area contributed by atoms with E-state index < -0.39 is 0 Å². The molecule has 0 atom stereocenters. The van der Waals surface area contributed by atoms with Crippen LogP contribution in [0.2, 0.25) is 0 Å². The van der Waals surface area contributed by atoms with Crippen molar-refractivity contribution >= 4 is 0 Å². The van der Waals surface area contributed by atoms with Gasteiger partial charge in [-0.15, -0.1) is 5.10 Å². The Kier molecular flexibility index (Phi) is 2.33. The molecule has 1 fully saturated rings. The first-order valence-corrected chi connectivity index (χ1v) is 5.73. The van der Waals surface area contributed by atoms with Crippen LogP contribution in [0.5, 0.6) is 5.75 Å². The van der Waals surface area contributed by atoms with E-state index in [1.165, 1.54) is 0 Å². The molecule has 2 aromatic rings. The van der Waals surface area contributed by atoms with Crippen LogP contribution in [0.1, 0.15) is 24.6 Å². The molecule has 3 rings (SSSR count). The van der Waals surface area contributed by atoms with Crippen molar-refractivity contribution in [2.24, 2.45) is 5.73 Å². The molecule has 1 aliphatic rings. The SMILES string of the molecule is NCc1c(-c2ccc(O)cc2)nnn1C1CC1. The van der Waals surface area contributed by atoms with Gasteiger partial charge in [-0.3, -0.25) is 0 Å². The van der Waals surface area contributed by atoms with E-state index in [0.717, 1.165) is 29.8 Å². The first-order chi connectivity index (χ1) is 8.29. The second-order valence-corrected chi connectivity index (χ2v) is 4.31. The number of hydrogen-bond acceptors (Lipinski definition) is 4. The van der Waals surface area contributed by atoms with Gasteiger partial charge in [-0.2, -0.15) is 0 Å². The van der Waals surface area contributed by atoms with Crippen molar-refractivity contribution in [3.63, 3.8) is 0 Å². The largest absolute Gasteiger partial charge is 0.508 e. The molecule has 1 aromatic heterocycles. The van der Waals surface area contributed by atoms with E-state index >= 15 is 0 Å². The zero-order valence-corrected chi connectivity index (χ0v) is 9.37. The van der Waals surface area contributed by atoms with Crippen molar-refractivity contribution in [1.82, 2.24) is 15.0 Å². The zero-order valence-electron chi connectivity index (χ0n) is 9.37. The number of hydrogen-bond donors (Lipinski definition) is 2. The summed E-state index contributed by atoms with van der Waals surface area (Å²) in [4.78, 5) is 0. The number of aromatic hydroxyl groups is 1. The molecule has 0 saturated heterocycles. The van der Waals surface area contributed by atoms with Crippen molar-refractivity contribution in [2.75, 3.05) is 0 Å². The Bertz CT molecular complexity index is 528. The van der Waals surface area contributed by atoms with Crippen LogP contribution in [0.25, 0.3) is 11.3 Å². The molecule has 5 heteroatoms. The summed E-state index contributed by atoms with van der Waals surface area (Å²) in [6.07, 6.45) is 2.32. The van der Waals surface area contributed by atoms with E-state index in [-0.39, 0.29) is 5.75 Å². The first kappa shape index (κ1) is 10.3. The van der Waals surface area contributed by atoms with E-state index in [1.54, 1.807) is 12.1 Å². The maximum atomic E-state index is 9.27. The molecule has 1 aromatic carbocycles. The van der Waals surface area contributed by atoms with Crippen molar-refractivity contribution in [2.45, 2.75) is 25.4 Å². The topological polar surface area (TPSA) is 77.0 Å². The van der Waals surface area contributed by atoms with E-state index in [1.807, 2.05) is 16.8 Å². The monoisotopic (exact) mass is 230 g/mol. The van der Waals surface area contributed by atoms with Crippen LogP contribution in [-0.4, -0.2) is 20.1 Å². The average Bonchev–Trinajstić information content (AvgIpc) is 3.10. The molecule has 1 heterocycles. The molecule has 17 heavy (non-hydrogen) atoms. The standard InChI is InChI=1S/C12H14N4O/c13-7-11-12(8-1-5-10(17)6-2-8)14-15-16(11)9-3-4-9/h1-2,5-6,9,17H,3-4,7,13H2. The normalized spacial score (nSPS) is 15.1. The lowest BCUT2D eigenvalue weighted by atomic mass is 10.1. The van der Waals surface area contributed by atoms with Crippen LogP contribution in [0.3, 0.4) is 0 Å². The number of rotatable bonds is 3. The van der Waals surface area contributed by atoms with Gasteiger partial charge in [-0.25, -0.2) is 4.68 Å². The lowest BCUT2D eigenvalue weighted by molar-refractivity contribution is 0.475. The Morgan fingerprint density at radius 3 is 2.59 bits per heavy atom. The van der Waals surface area contributed by atoms with Gasteiger partial charge in [0.2, 0.25) is 0 Å². The van der Waals surface area contributed by atoms with Crippen LogP contribution in [0.15, 0.2) is 24.3 Å². The number of nitrogens with two attached hydrogens (primary N) is 1. The highest BCUT2D eigenvalue weighted by molar-refractivity contribution is 5.62. The molecule has 0 unspecified atom stereocenters. The smallest absolute Gasteiger partial charge is 0.117 e. The van der Waals surface area contributed by atoms with E-state index in [4.69, 9.17) is 5.73 Å². The van der Waals surface area contributed by atoms with Crippen molar-refractivity contribution < 1.29 is 5.11 Å². The highest BCUT2D eigenvalue weighted by Crippen LogP contribution is 2.36. The molecule has 5 nitrogen and oxygen atoms in total. The first-order valence-electron chi connectivity index (χ1n) is 5.73. The molecular formula is C12H14N4O. The number of benzene rings is 1. The number of nitrogens with zero attached hydrogens (tertiary/aromatic N) is 3. The third-order valence-corrected chi connectivity index (χ3v) is 3.02. The molecule has 0 radical (unpaired) electrons. The van der Waals surface area contributed by atoms with Crippen LogP contribution >= 0.6 is 0 Å². The summed E-state index contributed by atoms with van der Waals surface area (Å²) in [5, 5.41) is 17.6. The quantitative estimate of drug-likeness (QED) is 0.836. The Labute approximate surface area is 98.9 Å². The minimum atomic E-state index is 0.248. The highest BCUT2D eigenvalue weighted by atomic mass is 16.3. The van der Waals surface area contributed by atoms with Gasteiger partial charge < -0.3 is 10.8 Å². The maximum Gasteiger partial charge on any atom is 0.117 e. The summed E-state index contributed by atoms with van der Waals surface area (Å²) in [7, 11) is 0. The average molecular weight is 230 g/mol. The summed E-state index contributed by atoms with van der Waals surface area (Å²) in [6, 6.07) is 7.43. The summed E-state index contributed by atoms with van der Waals surface area (Å²) in [6.45, 7) is 0.430. The third kappa shape index (κ3) is 1.78. The predicted octanol–water partition coefficient (Wildman–Crippen LogP) is 1.44. The molecule has 0 amide bonds. The van der Waals surface area contributed by atoms with Gasteiger partial charge >= 0.3 is 0 Å². The fourth-order valence-corrected chi connectivity index (χ4v) is 1.96. The molecular weight excluding hydrogens is 216 g/mol. The maximum absolute atomic E-state index is 9.27. The van der Waals surface area contributed by atoms with Crippen molar-refractivity contribution in [3.8, 4) is 17.0 Å².